The predicted octanol–water partition coefficient (Wildman–Crippen LogP) is 1.89. The van der Waals surface area contributed by atoms with Crippen molar-refractivity contribution in [3.05, 3.63) is 17.5 Å². The Balaban J connectivity index is 2.85. The van der Waals surface area contributed by atoms with Gasteiger partial charge in [-0.15, -0.1) is 0 Å². The summed E-state index contributed by atoms with van der Waals surface area (Å²) < 4.78 is 1.84. The van der Waals surface area contributed by atoms with E-state index < -0.39 is 0 Å². The molecule has 0 aromatic carbocycles. The van der Waals surface area contributed by atoms with Gasteiger partial charge in [0.15, 0.2) is 0 Å². The average Bonchev–Trinajstić information content (AvgIpc) is 2.58. The van der Waals surface area contributed by atoms with E-state index in [4.69, 9.17) is 5.26 Å². The zero-order valence-electron chi connectivity index (χ0n) is 10.7. The van der Waals surface area contributed by atoms with Crippen molar-refractivity contribution in [3.8, 4) is 6.07 Å². The molecule has 0 spiro atoms. The van der Waals surface area contributed by atoms with Crippen molar-refractivity contribution < 1.29 is 0 Å². The van der Waals surface area contributed by atoms with Gasteiger partial charge in [0.1, 0.15) is 0 Å². The van der Waals surface area contributed by atoms with E-state index in [2.05, 4.69) is 25.0 Å². The summed E-state index contributed by atoms with van der Waals surface area (Å²) in [5, 5.41) is 13.3. The lowest BCUT2D eigenvalue weighted by Gasteiger charge is -2.19. The Labute approximate surface area is 97.5 Å². The highest BCUT2D eigenvalue weighted by molar-refractivity contribution is 5.20. The van der Waals surface area contributed by atoms with Crippen LogP contribution >= 0.6 is 0 Å². The van der Waals surface area contributed by atoms with Crippen LogP contribution in [0.1, 0.15) is 37.9 Å². The summed E-state index contributed by atoms with van der Waals surface area (Å²) in [6.07, 6.45) is 2.04. The summed E-state index contributed by atoms with van der Waals surface area (Å²) in [7, 11) is 3.90. The van der Waals surface area contributed by atoms with Crippen LogP contribution in [0, 0.1) is 11.3 Å². The van der Waals surface area contributed by atoms with Crippen molar-refractivity contribution in [1.29, 1.82) is 5.26 Å². The van der Waals surface area contributed by atoms with Gasteiger partial charge in [-0.2, -0.15) is 10.4 Å². The number of nitrogens with zero attached hydrogens (tertiary/aromatic N) is 4. The van der Waals surface area contributed by atoms with Crippen LogP contribution in [0.5, 0.6) is 0 Å². The van der Waals surface area contributed by atoms with Crippen molar-refractivity contribution in [2.24, 2.45) is 7.05 Å². The second-order valence-corrected chi connectivity index (χ2v) is 4.59. The standard InChI is InChI=1S/C12H20N4/c1-9(2)12-11(8-16(5)14-12)7-15(4)10(3)6-13/h8-10H,7H2,1-5H3/t10-/m0/s1. The minimum absolute atomic E-state index is 0.0692. The molecule has 1 atom stereocenters. The van der Waals surface area contributed by atoms with Gasteiger partial charge in [-0.3, -0.25) is 9.58 Å². The highest BCUT2D eigenvalue weighted by atomic mass is 15.3. The number of aromatic nitrogens is 2. The van der Waals surface area contributed by atoms with Crippen molar-refractivity contribution in [3.63, 3.8) is 0 Å². The first-order chi connectivity index (χ1) is 7.45. The molecule has 16 heavy (non-hydrogen) atoms. The summed E-state index contributed by atoms with van der Waals surface area (Å²) in [5.41, 5.74) is 2.33. The van der Waals surface area contributed by atoms with Crippen LogP contribution in [-0.4, -0.2) is 27.8 Å². The van der Waals surface area contributed by atoms with Gasteiger partial charge < -0.3 is 0 Å². The van der Waals surface area contributed by atoms with Gasteiger partial charge in [0.25, 0.3) is 0 Å². The van der Waals surface area contributed by atoms with Crippen LogP contribution in [0.3, 0.4) is 0 Å². The zero-order valence-corrected chi connectivity index (χ0v) is 10.7. The summed E-state index contributed by atoms with van der Waals surface area (Å²) >= 11 is 0. The quantitative estimate of drug-likeness (QED) is 0.778. The van der Waals surface area contributed by atoms with E-state index >= 15 is 0 Å². The fourth-order valence-electron chi connectivity index (χ4n) is 1.67. The number of nitriles is 1. The summed E-state index contributed by atoms with van der Waals surface area (Å²) in [5.74, 6) is 0.419. The van der Waals surface area contributed by atoms with E-state index in [0.29, 0.717) is 5.92 Å². The third-order valence-corrected chi connectivity index (χ3v) is 2.75. The van der Waals surface area contributed by atoms with Gasteiger partial charge in [-0.1, -0.05) is 13.8 Å². The Morgan fingerprint density at radius 3 is 2.62 bits per heavy atom. The Morgan fingerprint density at radius 2 is 2.12 bits per heavy atom. The Morgan fingerprint density at radius 1 is 1.50 bits per heavy atom. The number of rotatable bonds is 4. The lowest BCUT2D eigenvalue weighted by Crippen LogP contribution is -2.27. The highest BCUT2D eigenvalue weighted by Crippen LogP contribution is 2.19. The molecule has 1 aromatic rings. The molecule has 0 amide bonds. The van der Waals surface area contributed by atoms with Gasteiger partial charge in [0.05, 0.1) is 17.8 Å². The van der Waals surface area contributed by atoms with E-state index in [9.17, 15) is 0 Å². The van der Waals surface area contributed by atoms with Gasteiger partial charge in [-0.25, -0.2) is 0 Å². The molecule has 0 bridgehead atoms. The van der Waals surface area contributed by atoms with Crippen molar-refractivity contribution in [2.45, 2.75) is 39.3 Å². The molecule has 0 radical (unpaired) electrons. The summed E-state index contributed by atoms with van der Waals surface area (Å²) in [4.78, 5) is 2.03. The molecule has 0 aliphatic carbocycles. The Kier molecular flexibility index (Phi) is 4.08. The van der Waals surface area contributed by atoms with E-state index in [1.54, 1.807) is 0 Å². The molecule has 0 aliphatic heterocycles. The maximum Gasteiger partial charge on any atom is 0.0949 e. The monoisotopic (exact) mass is 220 g/mol. The zero-order chi connectivity index (χ0) is 12.3. The van der Waals surface area contributed by atoms with E-state index in [-0.39, 0.29) is 6.04 Å². The molecule has 0 aliphatic rings. The highest BCUT2D eigenvalue weighted by Gasteiger charge is 2.15. The minimum Gasteiger partial charge on any atom is -0.287 e. The van der Waals surface area contributed by atoms with Crippen LogP contribution in [-0.2, 0) is 13.6 Å². The number of hydrogen-bond acceptors (Lipinski definition) is 3. The molecule has 88 valence electrons. The molecular formula is C12H20N4. The minimum atomic E-state index is -0.0692. The van der Waals surface area contributed by atoms with Gasteiger partial charge >= 0.3 is 0 Å². The molecule has 1 heterocycles. The molecule has 0 N–H and O–H groups in total. The van der Waals surface area contributed by atoms with Crippen molar-refractivity contribution >= 4 is 0 Å². The topological polar surface area (TPSA) is 44.9 Å². The van der Waals surface area contributed by atoms with Crippen molar-refractivity contribution in [2.75, 3.05) is 7.05 Å². The van der Waals surface area contributed by atoms with Gasteiger partial charge in [-0.05, 0) is 19.9 Å². The van der Waals surface area contributed by atoms with Gasteiger partial charge in [0, 0.05) is 25.4 Å². The molecule has 0 fully saturated rings. The second-order valence-electron chi connectivity index (χ2n) is 4.59. The van der Waals surface area contributed by atoms with E-state index in [0.717, 1.165) is 12.2 Å². The molecule has 0 unspecified atom stereocenters. The Hall–Kier alpha value is -1.34. The maximum atomic E-state index is 8.85. The molecule has 1 rings (SSSR count). The molecule has 1 aromatic heterocycles. The van der Waals surface area contributed by atoms with E-state index in [1.165, 1.54) is 5.56 Å². The molecule has 0 saturated carbocycles. The fourth-order valence-corrected chi connectivity index (χ4v) is 1.67. The molecular weight excluding hydrogens is 200 g/mol. The molecule has 4 heteroatoms. The summed E-state index contributed by atoms with van der Waals surface area (Å²) in [6.45, 7) is 6.96. The van der Waals surface area contributed by atoms with Crippen LogP contribution in [0.25, 0.3) is 0 Å². The number of aryl methyl sites for hydroxylation is 1. The first-order valence-electron chi connectivity index (χ1n) is 5.58. The van der Waals surface area contributed by atoms with Crippen LogP contribution in [0.4, 0.5) is 0 Å². The Bertz CT molecular complexity index is 386. The second kappa shape index (κ2) is 5.13. The van der Waals surface area contributed by atoms with Gasteiger partial charge in [0.2, 0.25) is 0 Å². The van der Waals surface area contributed by atoms with E-state index in [1.807, 2.05) is 36.8 Å². The molecule has 4 nitrogen and oxygen atoms in total. The maximum absolute atomic E-state index is 8.85. The van der Waals surface area contributed by atoms with Crippen LogP contribution in [0.2, 0.25) is 0 Å². The smallest absolute Gasteiger partial charge is 0.0949 e. The first kappa shape index (κ1) is 12.7. The first-order valence-corrected chi connectivity index (χ1v) is 5.58. The van der Waals surface area contributed by atoms with Crippen molar-refractivity contribution in [1.82, 2.24) is 14.7 Å². The number of hydrogen-bond donors (Lipinski definition) is 0. The third-order valence-electron chi connectivity index (χ3n) is 2.75. The third kappa shape index (κ3) is 2.83. The normalized spacial score (nSPS) is 13.1. The predicted molar refractivity (Wildman–Crippen MR) is 63.8 cm³/mol. The lowest BCUT2D eigenvalue weighted by atomic mass is 10.1. The average molecular weight is 220 g/mol. The summed E-state index contributed by atoms with van der Waals surface area (Å²) in [6, 6.07) is 2.17. The van der Waals surface area contributed by atoms with Crippen LogP contribution in [0.15, 0.2) is 6.20 Å². The fraction of sp³-hybridized carbons (Fsp3) is 0.667. The van der Waals surface area contributed by atoms with Crippen LogP contribution < -0.4 is 0 Å². The SMILES string of the molecule is CC(C)c1nn(C)cc1CN(C)[C@@H](C)C#N. The lowest BCUT2D eigenvalue weighted by molar-refractivity contribution is 0.293. The largest absolute Gasteiger partial charge is 0.287 e. The molecule has 0 saturated heterocycles.